The third kappa shape index (κ3) is 2.99. The molecule has 0 fully saturated rings. The number of hydrogen-bond acceptors (Lipinski definition) is 5. The maximum Gasteiger partial charge on any atom is 0.240 e. The Kier molecular flexibility index (Phi) is 4.46. The van der Waals surface area contributed by atoms with Crippen molar-refractivity contribution < 1.29 is 4.79 Å². The monoisotopic (exact) mass is 365 g/mol. The highest BCUT2D eigenvalue weighted by atomic mass is 32.2. The molecular formula is C19H19N5OS. The van der Waals surface area contributed by atoms with Crippen molar-refractivity contribution in [3.63, 3.8) is 0 Å². The van der Waals surface area contributed by atoms with Gasteiger partial charge in [0.05, 0.1) is 5.25 Å². The summed E-state index contributed by atoms with van der Waals surface area (Å²) >= 11 is 1.43. The van der Waals surface area contributed by atoms with Crippen LogP contribution in [0.15, 0.2) is 53.9 Å². The molecule has 132 valence electrons. The van der Waals surface area contributed by atoms with E-state index in [4.69, 9.17) is 0 Å². The van der Waals surface area contributed by atoms with Gasteiger partial charge in [0.15, 0.2) is 11.0 Å². The summed E-state index contributed by atoms with van der Waals surface area (Å²) in [6.07, 6.45) is 4.40. The molecule has 0 saturated carbocycles. The number of carbonyl (C=O) groups is 1. The van der Waals surface area contributed by atoms with Crippen molar-refractivity contribution in [2.75, 3.05) is 11.4 Å². The first-order valence-corrected chi connectivity index (χ1v) is 9.39. The van der Waals surface area contributed by atoms with E-state index in [1.165, 1.54) is 17.3 Å². The van der Waals surface area contributed by atoms with Gasteiger partial charge in [-0.05, 0) is 37.1 Å². The van der Waals surface area contributed by atoms with Crippen molar-refractivity contribution in [1.82, 2.24) is 19.7 Å². The normalized spacial score (nSPS) is 14.3. The van der Waals surface area contributed by atoms with Crippen LogP contribution in [0.5, 0.6) is 0 Å². The van der Waals surface area contributed by atoms with E-state index in [0.717, 1.165) is 35.2 Å². The summed E-state index contributed by atoms with van der Waals surface area (Å²) in [5.41, 5.74) is 3.16. The number of para-hydroxylation sites is 1. The summed E-state index contributed by atoms with van der Waals surface area (Å²) in [4.78, 5) is 18.9. The summed E-state index contributed by atoms with van der Waals surface area (Å²) in [7, 11) is 1.91. The first-order chi connectivity index (χ1) is 12.6. The molecule has 26 heavy (non-hydrogen) atoms. The number of hydrogen-bond donors (Lipinski definition) is 0. The van der Waals surface area contributed by atoms with Gasteiger partial charge in [-0.1, -0.05) is 30.0 Å². The highest BCUT2D eigenvalue weighted by Gasteiger charge is 2.29. The van der Waals surface area contributed by atoms with Crippen molar-refractivity contribution in [2.45, 2.75) is 23.8 Å². The van der Waals surface area contributed by atoms with Crippen molar-refractivity contribution >= 4 is 23.4 Å². The lowest BCUT2D eigenvalue weighted by Gasteiger charge is -2.21. The molecule has 6 nitrogen and oxygen atoms in total. The van der Waals surface area contributed by atoms with Gasteiger partial charge in [0, 0.05) is 37.2 Å². The van der Waals surface area contributed by atoms with Gasteiger partial charge in [-0.25, -0.2) is 0 Å². The summed E-state index contributed by atoms with van der Waals surface area (Å²) in [5, 5.41) is 9.00. The average Bonchev–Trinajstić information content (AvgIpc) is 3.26. The molecule has 2 aromatic heterocycles. The zero-order valence-corrected chi connectivity index (χ0v) is 15.5. The number of carbonyl (C=O) groups excluding carboxylic acids is 1. The molecule has 0 radical (unpaired) electrons. The van der Waals surface area contributed by atoms with Gasteiger partial charge in [0.1, 0.15) is 0 Å². The van der Waals surface area contributed by atoms with E-state index in [0.29, 0.717) is 0 Å². The SMILES string of the molecule is C[C@@H](Sc1nnc(-c2cccnc2)n1C)C(=O)N1CCc2ccccc21. The van der Waals surface area contributed by atoms with Crippen LogP contribution in [0, 0.1) is 0 Å². The van der Waals surface area contributed by atoms with Crippen molar-refractivity contribution in [3.8, 4) is 11.4 Å². The fourth-order valence-electron chi connectivity index (χ4n) is 3.16. The van der Waals surface area contributed by atoms with Crippen LogP contribution in [-0.4, -0.2) is 37.5 Å². The van der Waals surface area contributed by atoms with Gasteiger partial charge in [-0.3, -0.25) is 9.78 Å². The Balaban J connectivity index is 1.52. The van der Waals surface area contributed by atoms with Crippen LogP contribution >= 0.6 is 11.8 Å². The molecule has 4 rings (SSSR count). The number of benzene rings is 1. The van der Waals surface area contributed by atoms with Crippen LogP contribution in [0.25, 0.3) is 11.4 Å². The molecule has 0 N–H and O–H groups in total. The number of thioether (sulfide) groups is 1. The predicted molar refractivity (Wildman–Crippen MR) is 102 cm³/mol. The lowest BCUT2D eigenvalue weighted by atomic mass is 10.2. The molecule has 0 aliphatic carbocycles. The minimum absolute atomic E-state index is 0.103. The van der Waals surface area contributed by atoms with Gasteiger partial charge in [-0.15, -0.1) is 10.2 Å². The molecule has 7 heteroatoms. The first kappa shape index (κ1) is 16.8. The smallest absolute Gasteiger partial charge is 0.240 e. The van der Waals surface area contributed by atoms with Crippen molar-refractivity contribution in [1.29, 1.82) is 0 Å². The van der Waals surface area contributed by atoms with Crippen LogP contribution < -0.4 is 4.90 Å². The first-order valence-electron chi connectivity index (χ1n) is 8.51. The van der Waals surface area contributed by atoms with Crippen molar-refractivity contribution in [2.24, 2.45) is 7.05 Å². The second-order valence-electron chi connectivity index (χ2n) is 6.24. The standard InChI is InChI=1S/C19H19N5OS/c1-13(18(25)24-11-9-14-6-3-4-8-16(14)24)26-19-22-21-17(23(19)2)15-7-5-10-20-12-15/h3-8,10,12-13H,9,11H2,1-2H3/t13-/m1/s1. The second-order valence-corrected chi connectivity index (χ2v) is 7.54. The van der Waals surface area contributed by atoms with Crippen LogP contribution in [0.4, 0.5) is 5.69 Å². The molecule has 1 aliphatic heterocycles. The molecule has 0 unspecified atom stereocenters. The lowest BCUT2D eigenvalue weighted by molar-refractivity contribution is -0.117. The Morgan fingerprint density at radius 2 is 2.04 bits per heavy atom. The number of nitrogens with zero attached hydrogens (tertiary/aromatic N) is 5. The Hall–Kier alpha value is -2.67. The summed E-state index contributed by atoms with van der Waals surface area (Å²) in [6.45, 7) is 2.66. The number of rotatable bonds is 4. The van der Waals surface area contributed by atoms with E-state index in [2.05, 4.69) is 21.2 Å². The Labute approximate surface area is 156 Å². The van der Waals surface area contributed by atoms with Crippen molar-refractivity contribution in [3.05, 3.63) is 54.4 Å². The molecule has 0 bridgehead atoms. The quantitative estimate of drug-likeness (QED) is 0.665. The number of pyridine rings is 1. The largest absolute Gasteiger partial charge is 0.311 e. The highest BCUT2D eigenvalue weighted by molar-refractivity contribution is 8.00. The lowest BCUT2D eigenvalue weighted by Crippen LogP contribution is -2.35. The number of anilines is 1. The zero-order chi connectivity index (χ0) is 18.1. The average molecular weight is 365 g/mol. The molecule has 1 atom stereocenters. The summed E-state index contributed by atoms with van der Waals surface area (Å²) in [5.74, 6) is 0.845. The van der Waals surface area contributed by atoms with E-state index in [1.807, 2.05) is 53.8 Å². The molecule has 0 saturated heterocycles. The van der Waals surface area contributed by atoms with Crippen LogP contribution in [0.1, 0.15) is 12.5 Å². The maximum absolute atomic E-state index is 12.9. The summed E-state index contributed by atoms with van der Waals surface area (Å²) in [6, 6.07) is 11.9. The van der Waals surface area contributed by atoms with E-state index < -0.39 is 0 Å². The molecule has 1 aromatic carbocycles. The molecule has 3 aromatic rings. The van der Waals surface area contributed by atoms with Gasteiger partial charge < -0.3 is 9.47 Å². The fourth-order valence-corrected chi connectivity index (χ4v) is 4.04. The number of aromatic nitrogens is 4. The molecule has 3 heterocycles. The molecule has 0 spiro atoms. The molecule has 1 amide bonds. The third-order valence-electron chi connectivity index (χ3n) is 4.54. The zero-order valence-electron chi connectivity index (χ0n) is 14.7. The van der Waals surface area contributed by atoms with Crippen LogP contribution in [-0.2, 0) is 18.3 Å². The Morgan fingerprint density at radius 1 is 1.19 bits per heavy atom. The Bertz CT molecular complexity index is 940. The predicted octanol–water partition coefficient (Wildman–Crippen LogP) is 2.95. The van der Waals surface area contributed by atoms with E-state index >= 15 is 0 Å². The third-order valence-corrected chi connectivity index (χ3v) is 5.66. The summed E-state index contributed by atoms with van der Waals surface area (Å²) < 4.78 is 1.91. The number of amides is 1. The van der Waals surface area contributed by atoms with Gasteiger partial charge in [0.25, 0.3) is 0 Å². The van der Waals surface area contributed by atoms with Gasteiger partial charge in [-0.2, -0.15) is 0 Å². The second kappa shape index (κ2) is 6.92. The minimum Gasteiger partial charge on any atom is -0.311 e. The highest BCUT2D eigenvalue weighted by Crippen LogP contribution is 2.31. The minimum atomic E-state index is -0.245. The molecule has 1 aliphatic rings. The van der Waals surface area contributed by atoms with Crippen LogP contribution in [0.3, 0.4) is 0 Å². The van der Waals surface area contributed by atoms with Gasteiger partial charge in [0.2, 0.25) is 5.91 Å². The number of fused-ring (bicyclic) bond motifs is 1. The Morgan fingerprint density at radius 3 is 2.85 bits per heavy atom. The van der Waals surface area contributed by atoms with Gasteiger partial charge >= 0.3 is 0 Å². The molecular weight excluding hydrogens is 346 g/mol. The van der Waals surface area contributed by atoms with Crippen LogP contribution in [0.2, 0.25) is 0 Å². The topological polar surface area (TPSA) is 63.9 Å². The maximum atomic E-state index is 12.9. The van der Waals surface area contributed by atoms with E-state index in [9.17, 15) is 4.79 Å². The van der Waals surface area contributed by atoms with E-state index in [1.54, 1.807) is 12.4 Å². The fraction of sp³-hybridized carbons (Fsp3) is 0.263. The van der Waals surface area contributed by atoms with E-state index in [-0.39, 0.29) is 11.2 Å².